The predicted octanol–water partition coefficient (Wildman–Crippen LogP) is 7.20. The molecule has 0 unspecified atom stereocenters. The molecule has 1 heterocycles. The molecule has 0 bridgehead atoms. The summed E-state index contributed by atoms with van der Waals surface area (Å²) in [5, 5.41) is 2.57. The predicted molar refractivity (Wildman–Crippen MR) is 134 cm³/mol. The number of nitrogens with zero attached hydrogens (tertiary/aromatic N) is 2. The van der Waals surface area contributed by atoms with Crippen molar-refractivity contribution in [2.75, 3.05) is 14.1 Å². The number of hydrogen-bond acceptors (Lipinski definition) is 2. The zero-order chi connectivity index (χ0) is 22.1. The van der Waals surface area contributed by atoms with Crippen LogP contribution < -0.4 is 0 Å². The molecule has 0 radical (unpaired) electrons. The quantitative estimate of drug-likeness (QED) is 0.503. The molecule has 2 aromatic rings. The number of aromatic nitrogens is 1. The van der Waals surface area contributed by atoms with E-state index in [-0.39, 0.29) is 0 Å². The lowest BCUT2D eigenvalue weighted by molar-refractivity contribution is -0.106. The molecule has 0 aliphatic heterocycles. The number of benzene rings is 1. The van der Waals surface area contributed by atoms with Gasteiger partial charge in [-0.2, -0.15) is 0 Å². The first kappa shape index (κ1) is 20.9. The van der Waals surface area contributed by atoms with Gasteiger partial charge in [0, 0.05) is 23.8 Å². The van der Waals surface area contributed by atoms with E-state index in [0.717, 1.165) is 29.7 Å². The molecule has 4 aliphatic rings. The van der Waals surface area contributed by atoms with Gasteiger partial charge < -0.3 is 4.90 Å². The Morgan fingerprint density at radius 3 is 2.66 bits per heavy atom. The van der Waals surface area contributed by atoms with Crippen molar-refractivity contribution in [2.24, 2.45) is 34.5 Å². The number of fused-ring (bicyclic) bond motifs is 6. The Balaban J connectivity index is 1.28. The lowest BCUT2D eigenvalue weighted by Gasteiger charge is -2.61. The minimum absolute atomic E-state index is 0.348. The zero-order valence-corrected chi connectivity index (χ0v) is 20.5. The number of hydrogen-bond donors (Lipinski definition) is 0. The van der Waals surface area contributed by atoms with Crippen molar-refractivity contribution >= 4 is 16.3 Å². The van der Waals surface area contributed by atoms with E-state index in [2.05, 4.69) is 68.2 Å². The molecule has 1 aromatic heterocycles. The minimum atomic E-state index is 0.348. The van der Waals surface area contributed by atoms with Crippen LogP contribution in [-0.4, -0.2) is 30.0 Å². The van der Waals surface area contributed by atoms with E-state index in [4.69, 9.17) is 0 Å². The van der Waals surface area contributed by atoms with Crippen LogP contribution in [0.2, 0.25) is 0 Å². The molecule has 4 aliphatic carbocycles. The van der Waals surface area contributed by atoms with Crippen molar-refractivity contribution in [1.29, 1.82) is 0 Å². The van der Waals surface area contributed by atoms with Gasteiger partial charge in [0.15, 0.2) is 0 Å². The van der Waals surface area contributed by atoms with Crippen molar-refractivity contribution in [3.05, 3.63) is 48.3 Å². The normalized spacial score (nSPS) is 41.2. The van der Waals surface area contributed by atoms with Gasteiger partial charge in [-0.05, 0) is 129 Å². The lowest BCUT2D eigenvalue weighted by atomic mass is 9.44. The maximum absolute atomic E-state index is 4.37. The number of rotatable bonds is 2. The second kappa shape index (κ2) is 7.42. The third-order valence-corrected chi connectivity index (χ3v) is 10.9. The highest BCUT2D eigenvalue weighted by Gasteiger charge is 2.58. The van der Waals surface area contributed by atoms with Crippen LogP contribution in [0.3, 0.4) is 0 Å². The highest BCUT2D eigenvalue weighted by molar-refractivity contribution is 5.86. The van der Waals surface area contributed by atoms with E-state index in [1.807, 2.05) is 12.4 Å². The second-order valence-corrected chi connectivity index (χ2v) is 12.3. The van der Waals surface area contributed by atoms with Crippen LogP contribution in [0.15, 0.2) is 42.7 Å². The van der Waals surface area contributed by atoms with Crippen LogP contribution in [0, 0.1) is 34.5 Å². The van der Waals surface area contributed by atoms with Crippen molar-refractivity contribution < 1.29 is 0 Å². The molecule has 0 saturated heterocycles. The summed E-state index contributed by atoms with van der Waals surface area (Å²) < 4.78 is 0. The van der Waals surface area contributed by atoms with Crippen LogP contribution in [0.4, 0.5) is 0 Å². The van der Waals surface area contributed by atoms with Gasteiger partial charge in [0.25, 0.3) is 0 Å². The largest absolute Gasteiger partial charge is 0.306 e. The summed E-state index contributed by atoms with van der Waals surface area (Å²) in [7, 11) is 4.58. The van der Waals surface area contributed by atoms with Gasteiger partial charge in [-0.1, -0.05) is 32.1 Å². The van der Waals surface area contributed by atoms with Crippen molar-refractivity contribution in [2.45, 2.75) is 71.3 Å². The Hall–Kier alpha value is -1.67. The van der Waals surface area contributed by atoms with E-state index < -0.39 is 0 Å². The van der Waals surface area contributed by atoms with Crippen molar-refractivity contribution in [3.8, 4) is 0 Å². The molecular formula is C30H40N2. The van der Waals surface area contributed by atoms with E-state index in [0.29, 0.717) is 10.8 Å². The Kier molecular flexibility index (Phi) is 4.85. The van der Waals surface area contributed by atoms with Crippen LogP contribution in [0.25, 0.3) is 16.3 Å². The summed E-state index contributed by atoms with van der Waals surface area (Å²) in [5.41, 5.74) is 4.01. The molecule has 0 spiro atoms. The highest BCUT2D eigenvalue weighted by Crippen LogP contribution is 2.67. The van der Waals surface area contributed by atoms with Crippen molar-refractivity contribution in [1.82, 2.24) is 9.88 Å². The monoisotopic (exact) mass is 428 g/mol. The molecule has 2 nitrogen and oxygen atoms in total. The first-order valence-corrected chi connectivity index (χ1v) is 13.1. The third-order valence-electron chi connectivity index (χ3n) is 10.9. The smallest absolute Gasteiger partial charge is 0.0346 e. The highest BCUT2D eigenvalue weighted by atomic mass is 15.1. The van der Waals surface area contributed by atoms with Gasteiger partial charge in [-0.3, -0.25) is 4.98 Å². The summed E-state index contributed by atoms with van der Waals surface area (Å²) >= 11 is 0. The SMILES string of the molecule is CN(C)[C@H]1CC[C@@]2(C)[C@@H](CC[C@@H]3[C@@H]2CC[C@]2(C)C(c4ccc5ccncc5c4)=CC[C@@H]32)C1. The van der Waals surface area contributed by atoms with Gasteiger partial charge in [0.1, 0.15) is 0 Å². The molecule has 32 heavy (non-hydrogen) atoms. The van der Waals surface area contributed by atoms with Crippen LogP contribution in [0.5, 0.6) is 0 Å². The maximum atomic E-state index is 4.37. The molecule has 1 aromatic carbocycles. The Morgan fingerprint density at radius 2 is 1.81 bits per heavy atom. The van der Waals surface area contributed by atoms with Crippen LogP contribution in [0.1, 0.15) is 70.8 Å². The fourth-order valence-corrected chi connectivity index (χ4v) is 8.97. The van der Waals surface area contributed by atoms with Gasteiger partial charge in [-0.15, -0.1) is 0 Å². The first-order chi connectivity index (χ1) is 15.4. The molecule has 0 N–H and O–H groups in total. The van der Waals surface area contributed by atoms with E-state index in [9.17, 15) is 0 Å². The van der Waals surface area contributed by atoms with E-state index in [1.54, 1.807) is 5.57 Å². The summed E-state index contributed by atoms with van der Waals surface area (Å²) in [6, 6.07) is 10.00. The maximum Gasteiger partial charge on any atom is 0.0346 e. The fraction of sp³-hybridized carbons (Fsp3) is 0.633. The standard InChI is InChI=1S/C30H40N2/c1-29-14-11-24(32(3)4)18-23(29)7-8-25-27-10-9-26(30(27,2)15-12-28(25)29)21-6-5-20-13-16-31-19-22(20)17-21/h5-6,9,13,16-17,19,23-25,27-28H,7-8,10-12,14-15,18H2,1-4H3/t23-,24-,25-,27-,28-,29-,30+/m0/s1. The molecule has 2 heteroatoms. The van der Waals surface area contributed by atoms with Gasteiger partial charge >= 0.3 is 0 Å². The summed E-state index contributed by atoms with van der Waals surface area (Å²) in [4.78, 5) is 6.87. The molecule has 3 fully saturated rings. The van der Waals surface area contributed by atoms with Gasteiger partial charge in [0.2, 0.25) is 0 Å². The lowest BCUT2D eigenvalue weighted by Crippen LogP contribution is -2.54. The Bertz CT molecular complexity index is 1050. The number of pyridine rings is 1. The average Bonchev–Trinajstić information content (AvgIpc) is 3.15. The van der Waals surface area contributed by atoms with E-state index >= 15 is 0 Å². The second-order valence-electron chi connectivity index (χ2n) is 12.3. The molecular weight excluding hydrogens is 388 g/mol. The van der Waals surface area contributed by atoms with Crippen LogP contribution >= 0.6 is 0 Å². The summed E-state index contributed by atoms with van der Waals surface area (Å²) in [6.07, 6.45) is 17.9. The van der Waals surface area contributed by atoms with Gasteiger partial charge in [-0.25, -0.2) is 0 Å². The molecule has 6 rings (SSSR count). The van der Waals surface area contributed by atoms with Crippen LogP contribution in [-0.2, 0) is 0 Å². The first-order valence-electron chi connectivity index (χ1n) is 13.1. The number of allylic oxidation sites excluding steroid dienone is 2. The molecule has 0 amide bonds. The fourth-order valence-electron chi connectivity index (χ4n) is 8.97. The van der Waals surface area contributed by atoms with Crippen molar-refractivity contribution in [3.63, 3.8) is 0 Å². The minimum Gasteiger partial charge on any atom is -0.306 e. The molecule has 170 valence electrons. The topological polar surface area (TPSA) is 16.1 Å². The zero-order valence-electron chi connectivity index (χ0n) is 20.5. The Labute approximate surface area is 194 Å². The Morgan fingerprint density at radius 1 is 0.938 bits per heavy atom. The molecule has 7 atom stereocenters. The third kappa shape index (κ3) is 2.98. The average molecular weight is 429 g/mol. The summed E-state index contributed by atoms with van der Waals surface area (Å²) in [6.45, 7) is 5.31. The molecule has 3 saturated carbocycles. The van der Waals surface area contributed by atoms with Gasteiger partial charge in [0.05, 0.1) is 0 Å². The summed E-state index contributed by atoms with van der Waals surface area (Å²) in [5.74, 6) is 3.64. The van der Waals surface area contributed by atoms with E-state index in [1.165, 1.54) is 67.7 Å².